The molecule has 2 unspecified atom stereocenters. The lowest BCUT2D eigenvalue weighted by molar-refractivity contribution is -0.123. The van der Waals surface area contributed by atoms with Crippen molar-refractivity contribution in [3.63, 3.8) is 0 Å². The van der Waals surface area contributed by atoms with Gasteiger partial charge < -0.3 is 9.47 Å². The van der Waals surface area contributed by atoms with E-state index in [0.717, 1.165) is 63.5 Å². The van der Waals surface area contributed by atoms with Gasteiger partial charge in [-0.2, -0.15) is 0 Å². The maximum atomic E-state index is 13.6. The minimum Gasteiger partial charge on any atom is -0.331 e. The van der Waals surface area contributed by atoms with E-state index in [9.17, 15) is 4.79 Å². The Hall–Kier alpha value is -2.18. The normalized spacial score (nSPS) is 21.7. The van der Waals surface area contributed by atoms with E-state index < -0.39 is 0 Å². The minimum absolute atomic E-state index is 0.105. The Morgan fingerprint density at radius 1 is 1.13 bits per heavy atom. The van der Waals surface area contributed by atoms with Gasteiger partial charge in [-0.25, -0.2) is 4.98 Å². The molecular formula is C25H37N5O. The smallest absolute Gasteiger partial charge is 0.244 e. The highest BCUT2D eigenvalue weighted by Crippen LogP contribution is 2.31. The van der Waals surface area contributed by atoms with Crippen LogP contribution in [0.3, 0.4) is 0 Å². The minimum atomic E-state index is -0.105. The maximum absolute atomic E-state index is 13.6. The maximum Gasteiger partial charge on any atom is 0.244 e. The Balaban J connectivity index is 1.41. The fraction of sp³-hybridized carbons (Fsp3) is 0.600. The number of imidazole rings is 1. The van der Waals surface area contributed by atoms with Crippen molar-refractivity contribution < 1.29 is 4.79 Å². The summed E-state index contributed by atoms with van der Waals surface area (Å²) in [6.45, 7) is 13.4. The van der Waals surface area contributed by atoms with Crippen molar-refractivity contribution in [2.24, 2.45) is 0 Å². The molecule has 4 rings (SSSR count). The predicted molar refractivity (Wildman–Crippen MR) is 125 cm³/mol. The number of fused-ring (bicyclic) bond motifs is 1. The fourth-order valence-electron chi connectivity index (χ4n) is 5.05. The van der Waals surface area contributed by atoms with Crippen molar-refractivity contribution in [2.75, 3.05) is 31.1 Å². The van der Waals surface area contributed by atoms with Crippen molar-refractivity contribution in [3.8, 4) is 0 Å². The number of hydrogen-bond acceptors (Lipinski definition) is 4. The molecule has 0 N–H and O–H groups in total. The molecule has 6 nitrogen and oxygen atoms in total. The zero-order chi connectivity index (χ0) is 22.0. The van der Waals surface area contributed by atoms with E-state index >= 15 is 0 Å². The second-order valence-corrected chi connectivity index (χ2v) is 9.41. The molecule has 1 fully saturated rings. The van der Waals surface area contributed by atoms with Gasteiger partial charge >= 0.3 is 0 Å². The van der Waals surface area contributed by atoms with E-state index in [-0.39, 0.29) is 18.0 Å². The topological polar surface area (TPSA) is 44.6 Å². The van der Waals surface area contributed by atoms with Gasteiger partial charge in [0.25, 0.3) is 0 Å². The number of carbonyl (C=O) groups is 1. The van der Waals surface area contributed by atoms with Crippen LogP contribution in [0.25, 0.3) is 0 Å². The lowest BCUT2D eigenvalue weighted by Crippen LogP contribution is -2.52. The Morgan fingerprint density at radius 3 is 2.74 bits per heavy atom. The summed E-state index contributed by atoms with van der Waals surface area (Å²) in [7, 11) is 0. The molecule has 6 heteroatoms. The highest BCUT2D eigenvalue weighted by Gasteiger charge is 2.33. The fourth-order valence-corrected chi connectivity index (χ4v) is 5.05. The zero-order valence-electron chi connectivity index (χ0n) is 19.5. The van der Waals surface area contributed by atoms with Gasteiger partial charge in [0.2, 0.25) is 5.91 Å². The van der Waals surface area contributed by atoms with Gasteiger partial charge in [-0.3, -0.25) is 14.6 Å². The highest BCUT2D eigenvalue weighted by atomic mass is 16.2. The van der Waals surface area contributed by atoms with Crippen molar-refractivity contribution in [2.45, 2.75) is 71.6 Å². The molecule has 0 radical (unpaired) electrons. The van der Waals surface area contributed by atoms with Gasteiger partial charge in [0.05, 0.1) is 12.6 Å². The van der Waals surface area contributed by atoms with Crippen LogP contribution in [0.15, 0.2) is 36.7 Å². The number of nitrogens with zero attached hydrogens (tertiary/aromatic N) is 5. The molecular weight excluding hydrogens is 386 g/mol. The first-order valence-electron chi connectivity index (χ1n) is 11.8. The number of anilines is 1. The first-order chi connectivity index (χ1) is 15.0. The van der Waals surface area contributed by atoms with Crippen molar-refractivity contribution in [1.82, 2.24) is 19.4 Å². The molecule has 0 saturated carbocycles. The molecule has 1 saturated heterocycles. The first-order valence-corrected chi connectivity index (χ1v) is 11.8. The van der Waals surface area contributed by atoms with E-state index in [4.69, 9.17) is 0 Å². The second-order valence-electron chi connectivity index (χ2n) is 9.41. The van der Waals surface area contributed by atoms with E-state index in [1.54, 1.807) is 0 Å². The lowest BCUT2D eigenvalue weighted by Gasteiger charge is -2.39. The molecule has 0 spiro atoms. The Bertz CT molecular complexity index is 892. The van der Waals surface area contributed by atoms with E-state index in [1.165, 1.54) is 5.56 Å². The van der Waals surface area contributed by atoms with Gasteiger partial charge in [-0.15, -0.1) is 0 Å². The van der Waals surface area contributed by atoms with Crippen molar-refractivity contribution >= 4 is 11.6 Å². The molecule has 3 heterocycles. The van der Waals surface area contributed by atoms with Crippen LogP contribution in [0.5, 0.6) is 0 Å². The molecule has 2 aliphatic heterocycles. The molecule has 0 bridgehead atoms. The predicted octanol–water partition coefficient (Wildman–Crippen LogP) is 3.73. The second kappa shape index (κ2) is 9.53. The van der Waals surface area contributed by atoms with Crippen LogP contribution in [0, 0.1) is 0 Å². The summed E-state index contributed by atoms with van der Waals surface area (Å²) >= 11 is 0. The average molecular weight is 424 g/mol. The molecule has 2 aliphatic rings. The Labute approximate surface area is 186 Å². The van der Waals surface area contributed by atoms with Crippen molar-refractivity contribution in [1.29, 1.82) is 0 Å². The average Bonchev–Trinajstić information content (AvgIpc) is 3.10. The number of aromatic nitrogens is 2. The summed E-state index contributed by atoms with van der Waals surface area (Å²) in [6.07, 6.45) is 7.14. The van der Waals surface area contributed by atoms with Crippen LogP contribution >= 0.6 is 0 Å². The molecule has 1 aromatic carbocycles. The van der Waals surface area contributed by atoms with E-state index in [2.05, 4.69) is 76.3 Å². The summed E-state index contributed by atoms with van der Waals surface area (Å²) in [4.78, 5) is 25.1. The summed E-state index contributed by atoms with van der Waals surface area (Å²) in [6, 6.07) is 8.97. The molecule has 0 aliphatic carbocycles. The van der Waals surface area contributed by atoms with Crippen molar-refractivity contribution in [3.05, 3.63) is 48.0 Å². The summed E-state index contributed by atoms with van der Waals surface area (Å²) in [5.74, 6) is 1.37. The Kier molecular flexibility index (Phi) is 6.77. The third kappa shape index (κ3) is 4.70. The number of amides is 1. The molecule has 168 valence electrons. The van der Waals surface area contributed by atoms with Gasteiger partial charge in [-0.1, -0.05) is 18.2 Å². The van der Waals surface area contributed by atoms with E-state index in [1.807, 2.05) is 12.3 Å². The first kappa shape index (κ1) is 22.0. The summed E-state index contributed by atoms with van der Waals surface area (Å²) < 4.78 is 2.25. The van der Waals surface area contributed by atoms with Gasteiger partial charge in [-0.05, 0) is 65.1 Å². The SMILES string of the molecule is CC(C(=O)N1c2ccccc2CCC1C)N1CCCN(Cc2nccn2C(C)C)CC1. The zero-order valence-corrected chi connectivity index (χ0v) is 19.5. The van der Waals surface area contributed by atoms with Crippen LogP contribution in [0.4, 0.5) is 5.69 Å². The van der Waals surface area contributed by atoms with Gasteiger partial charge in [0, 0.05) is 49.8 Å². The van der Waals surface area contributed by atoms with Crippen LogP contribution < -0.4 is 4.90 Å². The van der Waals surface area contributed by atoms with Gasteiger partial charge in [0.1, 0.15) is 5.82 Å². The highest BCUT2D eigenvalue weighted by molar-refractivity contribution is 5.98. The lowest BCUT2D eigenvalue weighted by atomic mass is 9.96. The van der Waals surface area contributed by atoms with Crippen LogP contribution in [-0.2, 0) is 17.8 Å². The molecule has 31 heavy (non-hydrogen) atoms. The number of para-hydroxylation sites is 1. The molecule has 1 aromatic heterocycles. The number of aryl methyl sites for hydroxylation is 1. The third-order valence-corrected chi connectivity index (χ3v) is 6.96. The van der Waals surface area contributed by atoms with Gasteiger partial charge in [0.15, 0.2) is 0 Å². The largest absolute Gasteiger partial charge is 0.331 e. The number of carbonyl (C=O) groups excluding carboxylic acids is 1. The van der Waals surface area contributed by atoms with E-state index in [0.29, 0.717) is 6.04 Å². The van der Waals surface area contributed by atoms with Crippen LogP contribution in [0.2, 0.25) is 0 Å². The summed E-state index contributed by atoms with van der Waals surface area (Å²) in [5.41, 5.74) is 2.40. The third-order valence-electron chi connectivity index (χ3n) is 6.96. The number of rotatable bonds is 5. The monoisotopic (exact) mass is 423 g/mol. The standard InChI is InChI=1S/C25H37N5O/c1-19(2)29-15-12-26-24(29)18-27-13-7-14-28(17-16-27)21(4)25(31)30-20(3)10-11-22-8-5-6-9-23(22)30/h5-6,8-9,12,15,19-21H,7,10-11,13-14,16-18H2,1-4H3. The number of benzene rings is 1. The summed E-state index contributed by atoms with van der Waals surface area (Å²) in [5, 5.41) is 0. The Morgan fingerprint density at radius 2 is 1.94 bits per heavy atom. The molecule has 1 amide bonds. The quantitative estimate of drug-likeness (QED) is 0.735. The van der Waals surface area contributed by atoms with Crippen LogP contribution in [0.1, 0.15) is 58.0 Å². The van der Waals surface area contributed by atoms with Crippen LogP contribution in [-0.4, -0.2) is 63.5 Å². The molecule has 2 aromatic rings. The number of hydrogen-bond donors (Lipinski definition) is 0. The molecule has 2 atom stereocenters.